The summed E-state index contributed by atoms with van der Waals surface area (Å²) < 4.78 is 4.98. The van der Waals surface area contributed by atoms with Gasteiger partial charge in [0.25, 0.3) is 0 Å². The molecule has 0 atom stereocenters. The van der Waals surface area contributed by atoms with Gasteiger partial charge in [0.1, 0.15) is 0 Å². The van der Waals surface area contributed by atoms with Crippen LogP contribution in [0.1, 0.15) is 24.2 Å². The largest absolute Gasteiger partial charge is 0.462 e. The molecule has 0 spiro atoms. The van der Waals surface area contributed by atoms with Crippen molar-refractivity contribution >= 4 is 34.9 Å². The van der Waals surface area contributed by atoms with Gasteiger partial charge in [0, 0.05) is 12.2 Å². The molecule has 1 rings (SSSR count). The number of primary amides is 1. The lowest BCUT2D eigenvalue weighted by Crippen LogP contribution is -2.35. The minimum Gasteiger partial charge on any atom is -0.462 e. The zero-order valence-corrected chi connectivity index (χ0v) is 12.2. The Balaban J connectivity index is 3.34. The Morgan fingerprint density at radius 1 is 1.35 bits per heavy atom. The highest BCUT2D eigenvalue weighted by atomic mass is 35.5. The van der Waals surface area contributed by atoms with E-state index in [1.807, 2.05) is 6.92 Å². The van der Waals surface area contributed by atoms with E-state index in [0.717, 1.165) is 0 Å². The summed E-state index contributed by atoms with van der Waals surface area (Å²) in [6.07, 6.45) is 0. The molecule has 0 saturated heterocycles. The molecular weight excluding hydrogens is 282 g/mol. The van der Waals surface area contributed by atoms with Crippen molar-refractivity contribution in [2.75, 3.05) is 30.3 Å². The quantitative estimate of drug-likeness (QED) is 0.611. The van der Waals surface area contributed by atoms with Crippen molar-refractivity contribution in [3.8, 4) is 0 Å². The number of carbonyl (C=O) groups excluding carboxylic acids is 2. The van der Waals surface area contributed by atoms with E-state index in [2.05, 4.69) is 0 Å². The van der Waals surface area contributed by atoms with Gasteiger partial charge in [-0.25, -0.2) is 4.79 Å². The molecule has 0 aliphatic carbocycles. The number of likely N-dealkylation sites (N-methyl/N-ethyl adjacent to an activating group) is 1. The van der Waals surface area contributed by atoms with Crippen molar-refractivity contribution in [2.45, 2.75) is 13.8 Å². The zero-order chi connectivity index (χ0) is 15.3. The number of ether oxygens (including phenoxy) is 1. The smallest absolute Gasteiger partial charge is 0.340 e. The number of esters is 1. The first kappa shape index (κ1) is 16.1. The first-order valence-electron chi connectivity index (χ1n) is 6.20. The summed E-state index contributed by atoms with van der Waals surface area (Å²) in [4.78, 5) is 24.7. The molecule has 1 amide bonds. The highest BCUT2D eigenvalue weighted by molar-refractivity contribution is 6.34. The maximum Gasteiger partial charge on any atom is 0.340 e. The summed E-state index contributed by atoms with van der Waals surface area (Å²) >= 11 is 6.15. The molecule has 110 valence electrons. The number of hydrogen-bond donors (Lipinski definition) is 2. The van der Waals surface area contributed by atoms with E-state index in [1.165, 1.54) is 12.1 Å². The Labute approximate surface area is 122 Å². The number of rotatable bonds is 6. The van der Waals surface area contributed by atoms with Gasteiger partial charge in [-0.3, -0.25) is 4.79 Å². The average molecular weight is 300 g/mol. The second-order valence-corrected chi connectivity index (χ2v) is 4.51. The molecule has 1 aromatic carbocycles. The first-order chi connectivity index (χ1) is 9.40. The fourth-order valence-electron chi connectivity index (χ4n) is 1.84. The molecule has 0 aromatic heterocycles. The molecule has 0 radical (unpaired) electrons. The fraction of sp³-hybridized carbons (Fsp3) is 0.385. The highest BCUT2D eigenvalue weighted by Gasteiger charge is 2.22. The van der Waals surface area contributed by atoms with Crippen LogP contribution in [0.2, 0.25) is 5.02 Å². The Hall–Kier alpha value is -1.95. The van der Waals surface area contributed by atoms with Crippen LogP contribution >= 0.6 is 11.6 Å². The van der Waals surface area contributed by atoms with E-state index < -0.39 is 11.9 Å². The van der Waals surface area contributed by atoms with Crippen molar-refractivity contribution < 1.29 is 14.3 Å². The molecule has 0 aliphatic heterocycles. The third kappa shape index (κ3) is 3.77. The van der Waals surface area contributed by atoms with E-state index in [9.17, 15) is 9.59 Å². The number of benzene rings is 1. The number of anilines is 2. The SMILES string of the molecule is CCOC(=O)c1cc(N)cc(Cl)c1N(CC)CC(N)=O. The lowest BCUT2D eigenvalue weighted by atomic mass is 10.1. The van der Waals surface area contributed by atoms with Gasteiger partial charge in [-0.1, -0.05) is 11.6 Å². The molecule has 6 nitrogen and oxygen atoms in total. The lowest BCUT2D eigenvalue weighted by molar-refractivity contribution is -0.116. The monoisotopic (exact) mass is 299 g/mol. The average Bonchev–Trinajstić information content (AvgIpc) is 2.35. The zero-order valence-electron chi connectivity index (χ0n) is 11.5. The summed E-state index contributed by atoms with van der Waals surface area (Å²) in [5, 5.41) is 0.274. The van der Waals surface area contributed by atoms with Crippen molar-refractivity contribution in [1.29, 1.82) is 0 Å². The lowest BCUT2D eigenvalue weighted by Gasteiger charge is -2.25. The van der Waals surface area contributed by atoms with Gasteiger partial charge in [0.05, 0.1) is 29.4 Å². The Morgan fingerprint density at radius 3 is 2.50 bits per heavy atom. The number of hydrogen-bond acceptors (Lipinski definition) is 5. The van der Waals surface area contributed by atoms with Crippen LogP contribution in [0.3, 0.4) is 0 Å². The van der Waals surface area contributed by atoms with E-state index in [1.54, 1.807) is 11.8 Å². The van der Waals surface area contributed by atoms with E-state index in [4.69, 9.17) is 27.8 Å². The number of nitrogen functional groups attached to an aromatic ring is 1. The second-order valence-electron chi connectivity index (χ2n) is 4.10. The van der Waals surface area contributed by atoms with Gasteiger partial charge >= 0.3 is 5.97 Å². The summed E-state index contributed by atoms with van der Waals surface area (Å²) in [6.45, 7) is 4.16. The van der Waals surface area contributed by atoms with E-state index in [-0.39, 0.29) is 23.7 Å². The van der Waals surface area contributed by atoms with Crippen LogP contribution < -0.4 is 16.4 Å². The van der Waals surface area contributed by atoms with Crippen molar-refractivity contribution in [2.24, 2.45) is 5.73 Å². The third-order valence-corrected chi connectivity index (χ3v) is 2.91. The number of nitrogens with two attached hydrogens (primary N) is 2. The molecule has 0 unspecified atom stereocenters. The number of amides is 1. The number of halogens is 1. The Morgan fingerprint density at radius 2 is 2.00 bits per heavy atom. The highest BCUT2D eigenvalue weighted by Crippen LogP contribution is 2.33. The predicted molar refractivity (Wildman–Crippen MR) is 78.9 cm³/mol. The van der Waals surface area contributed by atoms with Crippen molar-refractivity contribution in [3.63, 3.8) is 0 Å². The number of carbonyl (C=O) groups is 2. The second kappa shape index (κ2) is 7.00. The molecular formula is C13H18ClN3O3. The standard InChI is InChI=1S/C13H18ClN3O3/c1-3-17(7-11(16)18)12-9(13(19)20-4-2)5-8(15)6-10(12)14/h5-6H,3-4,7,15H2,1-2H3,(H2,16,18). The van der Waals surface area contributed by atoms with Crippen LogP contribution in [0.25, 0.3) is 0 Å². The maximum atomic E-state index is 12.0. The third-order valence-electron chi connectivity index (χ3n) is 2.63. The van der Waals surface area contributed by atoms with Crippen molar-refractivity contribution in [3.05, 3.63) is 22.7 Å². The topological polar surface area (TPSA) is 98.7 Å². The molecule has 7 heteroatoms. The van der Waals surface area contributed by atoms with Crippen molar-refractivity contribution in [1.82, 2.24) is 0 Å². The minimum absolute atomic E-state index is 0.0491. The van der Waals surface area contributed by atoms with Gasteiger partial charge in [0.15, 0.2) is 0 Å². The van der Waals surface area contributed by atoms with Crippen LogP contribution in [-0.4, -0.2) is 31.6 Å². The Kier molecular flexibility index (Phi) is 5.64. The molecule has 0 bridgehead atoms. The molecule has 0 fully saturated rings. The van der Waals surface area contributed by atoms with Crippen LogP contribution in [-0.2, 0) is 9.53 Å². The summed E-state index contributed by atoms with van der Waals surface area (Å²) in [6, 6.07) is 2.99. The summed E-state index contributed by atoms with van der Waals surface area (Å²) in [5.74, 6) is -1.06. The van der Waals surface area contributed by atoms with Crippen LogP contribution in [0.15, 0.2) is 12.1 Å². The number of nitrogens with zero attached hydrogens (tertiary/aromatic N) is 1. The normalized spacial score (nSPS) is 10.2. The van der Waals surface area contributed by atoms with Crippen LogP contribution in [0.4, 0.5) is 11.4 Å². The molecule has 0 heterocycles. The van der Waals surface area contributed by atoms with Gasteiger partial charge in [0.2, 0.25) is 5.91 Å². The molecule has 1 aromatic rings. The maximum absolute atomic E-state index is 12.0. The molecule has 4 N–H and O–H groups in total. The molecule has 0 aliphatic rings. The van der Waals surface area contributed by atoms with Gasteiger partial charge in [-0.15, -0.1) is 0 Å². The summed E-state index contributed by atoms with van der Waals surface area (Å²) in [5.41, 5.74) is 11.9. The van der Waals surface area contributed by atoms with Gasteiger partial charge < -0.3 is 21.1 Å². The van der Waals surface area contributed by atoms with E-state index >= 15 is 0 Å². The minimum atomic E-state index is -0.542. The summed E-state index contributed by atoms with van der Waals surface area (Å²) in [7, 11) is 0. The van der Waals surface area contributed by atoms with Gasteiger partial charge in [-0.2, -0.15) is 0 Å². The first-order valence-corrected chi connectivity index (χ1v) is 6.57. The predicted octanol–water partition coefficient (Wildman–Crippen LogP) is 1.41. The molecule has 0 saturated carbocycles. The molecule has 20 heavy (non-hydrogen) atoms. The fourth-order valence-corrected chi connectivity index (χ4v) is 2.19. The van der Waals surface area contributed by atoms with Crippen LogP contribution in [0.5, 0.6) is 0 Å². The van der Waals surface area contributed by atoms with E-state index in [0.29, 0.717) is 17.9 Å². The van der Waals surface area contributed by atoms with Crippen LogP contribution in [0, 0.1) is 0 Å². The van der Waals surface area contributed by atoms with Gasteiger partial charge in [-0.05, 0) is 26.0 Å². The Bertz CT molecular complexity index is 520.